The van der Waals surface area contributed by atoms with Gasteiger partial charge >= 0.3 is 12.0 Å². The Morgan fingerprint density at radius 3 is 2.43 bits per heavy atom. The van der Waals surface area contributed by atoms with Gasteiger partial charge in [0.25, 0.3) is 0 Å². The molecule has 0 radical (unpaired) electrons. The summed E-state index contributed by atoms with van der Waals surface area (Å²) in [5, 5.41) is 12.8. The molecule has 0 aliphatic carbocycles. The molecule has 2 aliphatic rings. The molecular weight excluding hydrogens is 406 g/mol. The van der Waals surface area contributed by atoms with Gasteiger partial charge in [0.1, 0.15) is 0 Å². The summed E-state index contributed by atoms with van der Waals surface area (Å²) in [7, 11) is 0. The fourth-order valence-electron chi connectivity index (χ4n) is 4.14. The third kappa shape index (κ3) is 4.29. The van der Waals surface area contributed by atoms with E-state index in [0.717, 1.165) is 37.4 Å². The van der Waals surface area contributed by atoms with Crippen LogP contribution in [-0.4, -0.2) is 76.0 Å². The van der Waals surface area contributed by atoms with Gasteiger partial charge in [-0.3, -0.25) is 4.90 Å². The lowest BCUT2D eigenvalue weighted by atomic mass is 10.1. The van der Waals surface area contributed by atoms with Crippen LogP contribution in [-0.2, 0) is 6.54 Å². The fraction of sp³-hybridized carbons (Fsp3) is 0.476. The second-order valence-electron chi connectivity index (χ2n) is 7.95. The number of aromatic nitrogens is 2. The number of halogens is 1. The second-order valence-corrected chi connectivity index (χ2v) is 8.35. The Labute approximate surface area is 180 Å². The molecule has 2 fully saturated rings. The number of carboxylic acids is 1. The topological polar surface area (TPSA) is 81.9 Å². The highest BCUT2D eigenvalue weighted by Gasteiger charge is 2.26. The van der Waals surface area contributed by atoms with E-state index in [-0.39, 0.29) is 16.7 Å². The van der Waals surface area contributed by atoms with E-state index in [1.54, 1.807) is 4.90 Å². The van der Waals surface area contributed by atoms with Crippen LogP contribution >= 0.6 is 11.6 Å². The molecule has 0 spiro atoms. The van der Waals surface area contributed by atoms with Gasteiger partial charge in [-0.15, -0.1) is 0 Å². The van der Waals surface area contributed by atoms with E-state index in [1.807, 2.05) is 0 Å². The molecular formula is C21H26ClN5O3. The van der Waals surface area contributed by atoms with E-state index >= 15 is 0 Å². The van der Waals surface area contributed by atoms with Crippen LogP contribution in [0.25, 0.3) is 0 Å². The Balaban J connectivity index is 1.39. The molecule has 0 unspecified atom stereocenters. The van der Waals surface area contributed by atoms with Gasteiger partial charge in [-0.05, 0) is 37.0 Å². The van der Waals surface area contributed by atoms with Crippen LogP contribution in [0, 0.1) is 6.92 Å². The SMILES string of the molecule is Cc1ccc(CN2CCN(C(=O)n3cc(Cl)c(C(=O)O)n3)CC2)c(N2CCCC2)c1. The van der Waals surface area contributed by atoms with Crippen LogP contribution in [0.1, 0.15) is 34.5 Å². The Hall–Kier alpha value is -2.58. The van der Waals surface area contributed by atoms with Crippen molar-refractivity contribution >= 4 is 29.3 Å². The summed E-state index contributed by atoms with van der Waals surface area (Å²) in [5.74, 6) is -1.25. The standard InChI is InChI=1S/C21H26ClN5O3/c1-15-4-5-16(18(12-15)25-6-2-3-7-25)13-24-8-10-26(11-9-24)21(30)27-14-17(22)19(23-27)20(28)29/h4-5,12,14H,2-3,6-11,13H2,1H3,(H,28,29). The summed E-state index contributed by atoms with van der Waals surface area (Å²) in [5.41, 5.74) is 3.62. The molecule has 9 heteroatoms. The van der Waals surface area contributed by atoms with Gasteiger partial charge in [0, 0.05) is 51.5 Å². The lowest BCUT2D eigenvalue weighted by molar-refractivity contribution is 0.0690. The number of piperazine rings is 1. The number of benzene rings is 1. The van der Waals surface area contributed by atoms with E-state index in [9.17, 15) is 9.59 Å². The Kier molecular flexibility index (Phi) is 5.97. The molecule has 1 aromatic heterocycles. The summed E-state index contributed by atoms with van der Waals surface area (Å²) in [4.78, 5) is 30.3. The maximum Gasteiger partial charge on any atom is 0.357 e. The van der Waals surface area contributed by atoms with Crippen molar-refractivity contribution in [2.75, 3.05) is 44.2 Å². The molecule has 0 atom stereocenters. The molecule has 1 amide bonds. The largest absolute Gasteiger partial charge is 0.476 e. The number of carboxylic acid groups (broad SMARTS) is 1. The van der Waals surface area contributed by atoms with Gasteiger partial charge in [-0.25, -0.2) is 9.59 Å². The molecule has 2 saturated heterocycles. The molecule has 0 saturated carbocycles. The number of aryl methyl sites for hydroxylation is 1. The number of amides is 1. The number of carbonyl (C=O) groups is 2. The van der Waals surface area contributed by atoms with Gasteiger partial charge in [0.15, 0.2) is 5.69 Å². The van der Waals surface area contributed by atoms with Crippen LogP contribution in [0.2, 0.25) is 5.02 Å². The zero-order chi connectivity index (χ0) is 21.3. The minimum absolute atomic E-state index is 0.0386. The number of hydrogen-bond acceptors (Lipinski definition) is 5. The van der Waals surface area contributed by atoms with Crippen molar-refractivity contribution < 1.29 is 14.7 Å². The van der Waals surface area contributed by atoms with Crippen LogP contribution in [0.15, 0.2) is 24.4 Å². The lowest BCUT2D eigenvalue weighted by Crippen LogP contribution is -2.49. The molecule has 8 nitrogen and oxygen atoms in total. The number of hydrogen-bond donors (Lipinski definition) is 1. The summed E-state index contributed by atoms with van der Waals surface area (Å²) >= 11 is 5.87. The first-order valence-corrected chi connectivity index (χ1v) is 10.6. The zero-order valence-electron chi connectivity index (χ0n) is 17.1. The zero-order valence-corrected chi connectivity index (χ0v) is 17.8. The fourth-order valence-corrected chi connectivity index (χ4v) is 4.35. The first-order chi connectivity index (χ1) is 14.4. The van der Waals surface area contributed by atoms with E-state index in [2.05, 4.69) is 40.0 Å². The third-order valence-corrected chi connectivity index (χ3v) is 6.07. The van der Waals surface area contributed by atoms with Crippen molar-refractivity contribution in [3.05, 3.63) is 46.2 Å². The predicted octanol–water partition coefficient (Wildman–Crippen LogP) is 2.93. The van der Waals surface area contributed by atoms with Crippen molar-refractivity contribution in [2.24, 2.45) is 0 Å². The van der Waals surface area contributed by atoms with Crippen LogP contribution in [0.4, 0.5) is 10.5 Å². The van der Waals surface area contributed by atoms with Crippen molar-refractivity contribution in [1.29, 1.82) is 0 Å². The Morgan fingerprint density at radius 2 is 1.80 bits per heavy atom. The maximum atomic E-state index is 12.7. The van der Waals surface area contributed by atoms with Crippen molar-refractivity contribution in [1.82, 2.24) is 19.6 Å². The average Bonchev–Trinajstić information content (AvgIpc) is 3.39. The van der Waals surface area contributed by atoms with Gasteiger partial charge in [0.2, 0.25) is 0 Å². The number of rotatable bonds is 4. The Morgan fingerprint density at radius 1 is 1.10 bits per heavy atom. The first kappa shape index (κ1) is 20.7. The van der Waals surface area contributed by atoms with Gasteiger partial charge in [-0.1, -0.05) is 23.7 Å². The van der Waals surface area contributed by atoms with E-state index in [0.29, 0.717) is 13.1 Å². The summed E-state index contributed by atoms with van der Waals surface area (Å²) in [6, 6.07) is 6.31. The number of aromatic carboxylic acids is 1. The van der Waals surface area contributed by atoms with Crippen LogP contribution < -0.4 is 4.90 Å². The first-order valence-electron chi connectivity index (χ1n) is 10.3. The molecule has 1 N–H and O–H groups in total. The molecule has 4 rings (SSSR count). The highest BCUT2D eigenvalue weighted by molar-refractivity contribution is 6.33. The molecule has 2 aliphatic heterocycles. The predicted molar refractivity (Wildman–Crippen MR) is 114 cm³/mol. The van der Waals surface area contributed by atoms with Crippen LogP contribution in [0.3, 0.4) is 0 Å². The Bertz CT molecular complexity index is 946. The van der Waals surface area contributed by atoms with Crippen LogP contribution in [0.5, 0.6) is 0 Å². The number of nitrogens with zero attached hydrogens (tertiary/aromatic N) is 5. The van der Waals surface area contributed by atoms with E-state index < -0.39 is 5.97 Å². The third-order valence-electron chi connectivity index (χ3n) is 5.79. The second kappa shape index (κ2) is 8.65. The highest BCUT2D eigenvalue weighted by atomic mass is 35.5. The van der Waals surface area contributed by atoms with Gasteiger partial charge in [0.05, 0.1) is 11.2 Å². The normalized spacial score (nSPS) is 17.5. The molecule has 2 aromatic rings. The quantitative estimate of drug-likeness (QED) is 0.801. The molecule has 30 heavy (non-hydrogen) atoms. The summed E-state index contributed by atoms with van der Waals surface area (Å²) in [6.45, 7) is 7.83. The number of anilines is 1. The lowest BCUT2D eigenvalue weighted by Gasteiger charge is -2.35. The maximum absolute atomic E-state index is 12.7. The highest BCUT2D eigenvalue weighted by Crippen LogP contribution is 2.27. The number of carbonyl (C=O) groups excluding carboxylic acids is 1. The molecule has 0 bridgehead atoms. The molecule has 1 aromatic carbocycles. The smallest absolute Gasteiger partial charge is 0.357 e. The minimum Gasteiger partial charge on any atom is -0.476 e. The molecule has 3 heterocycles. The van der Waals surface area contributed by atoms with Crippen molar-refractivity contribution in [3.8, 4) is 0 Å². The monoisotopic (exact) mass is 431 g/mol. The van der Waals surface area contributed by atoms with Crippen molar-refractivity contribution in [2.45, 2.75) is 26.3 Å². The molecule has 160 valence electrons. The van der Waals surface area contributed by atoms with Gasteiger partial charge < -0.3 is 14.9 Å². The van der Waals surface area contributed by atoms with E-state index in [1.165, 1.54) is 35.9 Å². The summed E-state index contributed by atoms with van der Waals surface area (Å²) in [6.07, 6.45) is 3.75. The summed E-state index contributed by atoms with van der Waals surface area (Å²) < 4.78 is 1.02. The average molecular weight is 432 g/mol. The minimum atomic E-state index is -1.25. The van der Waals surface area contributed by atoms with Gasteiger partial charge in [-0.2, -0.15) is 9.78 Å². The van der Waals surface area contributed by atoms with E-state index in [4.69, 9.17) is 16.7 Å². The van der Waals surface area contributed by atoms with Crippen molar-refractivity contribution in [3.63, 3.8) is 0 Å².